The highest BCUT2D eigenvalue weighted by molar-refractivity contribution is 5.20. The van der Waals surface area contributed by atoms with Crippen molar-refractivity contribution in [2.75, 3.05) is 13.1 Å². The van der Waals surface area contributed by atoms with E-state index in [1.165, 1.54) is 0 Å². The number of hydrogen-bond donors (Lipinski definition) is 1. The molecule has 2 aliphatic rings. The van der Waals surface area contributed by atoms with Gasteiger partial charge in [-0.15, -0.1) is 0 Å². The van der Waals surface area contributed by atoms with Crippen LogP contribution in [0.1, 0.15) is 6.42 Å². The smallest absolute Gasteiger partial charge is 0.0742 e. The molecule has 8 heavy (non-hydrogen) atoms. The summed E-state index contributed by atoms with van der Waals surface area (Å²) in [5.74, 6) is 0.701. The Kier molecular flexibility index (Phi) is 0.575. The fraction of sp³-hybridized carbons (Fsp3) is 0.833. The van der Waals surface area contributed by atoms with Gasteiger partial charge in [-0.25, -0.2) is 0 Å². The van der Waals surface area contributed by atoms with Crippen molar-refractivity contribution in [1.82, 2.24) is 5.32 Å². The van der Waals surface area contributed by atoms with Gasteiger partial charge in [0.15, 0.2) is 0 Å². The minimum atomic E-state index is 0.0972. The number of hydrogen-bond acceptors (Lipinski definition) is 2. The van der Waals surface area contributed by atoms with E-state index in [9.17, 15) is 0 Å². The summed E-state index contributed by atoms with van der Waals surface area (Å²) in [5.41, 5.74) is 0.0972. The van der Waals surface area contributed by atoms with E-state index in [0.29, 0.717) is 5.92 Å². The Hall–Kier alpha value is -0.550. The minimum Gasteiger partial charge on any atom is -0.315 e. The van der Waals surface area contributed by atoms with Crippen LogP contribution in [0.15, 0.2) is 0 Å². The number of fused-ring (bicyclic) bond motifs is 1. The maximum absolute atomic E-state index is 8.58. The molecule has 0 bridgehead atoms. The average Bonchev–Trinajstić information content (AvgIpc) is 2.38. The third kappa shape index (κ3) is 0.317. The molecule has 0 amide bonds. The predicted octanol–water partition coefficient (Wildman–Crippen LogP) is 0.119. The fourth-order valence-electron chi connectivity index (χ4n) is 1.51. The van der Waals surface area contributed by atoms with Gasteiger partial charge in [-0.05, 0) is 18.9 Å². The van der Waals surface area contributed by atoms with Gasteiger partial charge in [-0.2, -0.15) is 5.26 Å². The van der Waals surface area contributed by atoms with Crippen LogP contribution < -0.4 is 5.32 Å². The fourth-order valence-corrected chi connectivity index (χ4v) is 1.51. The van der Waals surface area contributed by atoms with Crippen LogP contribution in [0.3, 0.4) is 0 Å². The molecule has 1 saturated heterocycles. The van der Waals surface area contributed by atoms with Crippen molar-refractivity contribution in [3.63, 3.8) is 0 Å². The topological polar surface area (TPSA) is 35.8 Å². The Morgan fingerprint density at radius 1 is 1.75 bits per heavy atom. The van der Waals surface area contributed by atoms with Crippen molar-refractivity contribution in [2.24, 2.45) is 11.3 Å². The first-order chi connectivity index (χ1) is 3.87. The highest BCUT2D eigenvalue weighted by Gasteiger charge is 2.57. The van der Waals surface area contributed by atoms with E-state index in [1.54, 1.807) is 0 Å². The van der Waals surface area contributed by atoms with Gasteiger partial charge in [0, 0.05) is 6.54 Å². The highest BCUT2D eigenvalue weighted by atomic mass is 15.0. The largest absolute Gasteiger partial charge is 0.315 e. The van der Waals surface area contributed by atoms with Crippen LogP contribution in [0.25, 0.3) is 0 Å². The Morgan fingerprint density at radius 3 is 2.88 bits per heavy atom. The zero-order chi connectivity index (χ0) is 5.61. The zero-order valence-corrected chi connectivity index (χ0v) is 4.65. The Labute approximate surface area is 48.5 Å². The van der Waals surface area contributed by atoms with Crippen LogP contribution in [-0.4, -0.2) is 13.1 Å². The van der Waals surface area contributed by atoms with Gasteiger partial charge in [-0.3, -0.25) is 0 Å². The Bertz CT molecular complexity index is 158. The molecular formula is C6H8N2. The van der Waals surface area contributed by atoms with Crippen molar-refractivity contribution in [1.29, 1.82) is 5.26 Å². The summed E-state index contributed by atoms with van der Waals surface area (Å²) < 4.78 is 0. The SMILES string of the molecule is N#C[C@@]12CNC[C@@H]1C2. The van der Waals surface area contributed by atoms with Gasteiger partial charge >= 0.3 is 0 Å². The first kappa shape index (κ1) is 4.34. The van der Waals surface area contributed by atoms with E-state index < -0.39 is 0 Å². The van der Waals surface area contributed by atoms with Gasteiger partial charge in [0.1, 0.15) is 0 Å². The standard InChI is InChI=1S/C6H8N2/c7-3-6-1-5(6)2-8-4-6/h5,8H,1-2,4H2/t5-,6-/m0/s1. The second kappa shape index (κ2) is 1.06. The van der Waals surface area contributed by atoms with E-state index in [4.69, 9.17) is 5.26 Å². The van der Waals surface area contributed by atoms with Crippen molar-refractivity contribution in [2.45, 2.75) is 6.42 Å². The lowest BCUT2D eigenvalue weighted by molar-refractivity contribution is 0.658. The lowest BCUT2D eigenvalue weighted by Crippen LogP contribution is -2.14. The van der Waals surface area contributed by atoms with E-state index in [0.717, 1.165) is 19.5 Å². The first-order valence-corrected chi connectivity index (χ1v) is 2.99. The maximum atomic E-state index is 8.58. The van der Waals surface area contributed by atoms with Gasteiger partial charge in [0.25, 0.3) is 0 Å². The molecule has 0 spiro atoms. The molecule has 1 saturated carbocycles. The van der Waals surface area contributed by atoms with Crippen LogP contribution >= 0.6 is 0 Å². The molecule has 0 radical (unpaired) electrons. The quantitative estimate of drug-likeness (QED) is 0.478. The maximum Gasteiger partial charge on any atom is 0.0742 e. The van der Waals surface area contributed by atoms with Crippen molar-refractivity contribution < 1.29 is 0 Å². The molecule has 1 aliphatic heterocycles. The molecule has 2 rings (SSSR count). The second-order valence-electron chi connectivity index (χ2n) is 2.80. The molecule has 2 fully saturated rings. The second-order valence-corrected chi connectivity index (χ2v) is 2.80. The number of nitrogens with one attached hydrogen (secondary N) is 1. The molecule has 0 aromatic heterocycles. The lowest BCUT2D eigenvalue weighted by atomic mass is 10.1. The monoisotopic (exact) mass is 108 g/mol. The Balaban J connectivity index is 2.22. The summed E-state index contributed by atoms with van der Waals surface area (Å²) >= 11 is 0. The summed E-state index contributed by atoms with van der Waals surface area (Å²) in [5, 5.41) is 11.8. The normalized spacial score (nSPS) is 50.1. The first-order valence-electron chi connectivity index (χ1n) is 2.99. The summed E-state index contributed by atoms with van der Waals surface area (Å²) in [7, 11) is 0. The van der Waals surface area contributed by atoms with Crippen LogP contribution in [0.4, 0.5) is 0 Å². The van der Waals surface area contributed by atoms with Crippen LogP contribution in [0, 0.1) is 22.7 Å². The molecular weight excluding hydrogens is 100 g/mol. The molecule has 0 aromatic rings. The van der Waals surface area contributed by atoms with Crippen LogP contribution in [0.5, 0.6) is 0 Å². The summed E-state index contributed by atoms with van der Waals surface area (Å²) in [4.78, 5) is 0. The molecule has 1 heterocycles. The van der Waals surface area contributed by atoms with Crippen molar-refractivity contribution in [3.05, 3.63) is 0 Å². The number of nitrogens with zero attached hydrogens (tertiary/aromatic N) is 1. The molecule has 1 aliphatic carbocycles. The molecule has 0 aromatic carbocycles. The van der Waals surface area contributed by atoms with Gasteiger partial charge in [-0.1, -0.05) is 0 Å². The highest BCUT2D eigenvalue weighted by Crippen LogP contribution is 2.54. The van der Waals surface area contributed by atoms with E-state index in [2.05, 4.69) is 11.4 Å². The van der Waals surface area contributed by atoms with Gasteiger partial charge in [0.05, 0.1) is 11.5 Å². The zero-order valence-electron chi connectivity index (χ0n) is 4.65. The lowest BCUT2D eigenvalue weighted by Gasteiger charge is -1.94. The number of piperidine rings is 1. The molecule has 2 nitrogen and oxygen atoms in total. The van der Waals surface area contributed by atoms with E-state index in [-0.39, 0.29) is 5.41 Å². The van der Waals surface area contributed by atoms with Gasteiger partial charge < -0.3 is 5.32 Å². The minimum absolute atomic E-state index is 0.0972. The van der Waals surface area contributed by atoms with Crippen LogP contribution in [0.2, 0.25) is 0 Å². The Morgan fingerprint density at radius 2 is 2.62 bits per heavy atom. The number of rotatable bonds is 0. The average molecular weight is 108 g/mol. The molecule has 1 N–H and O–H groups in total. The van der Waals surface area contributed by atoms with E-state index in [1.807, 2.05) is 0 Å². The summed E-state index contributed by atoms with van der Waals surface area (Å²) in [6.45, 7) is 2.02. The third-order valence-corrected chi connectivity index (χ3v) is 2.29. The predicted molar refractivity (Wildman–Crippen MR) is 29.0 cm³/mol. The van der Waals surface area contributed by atoms with Crippen molar-refractivity contribution in [3.8, 4) is 6.07 Å². The number of nitriles is 1. The molecule has 0 unspecified atom stereocenters. The molecule has 2 atom stereocenters. The summed E-state index contributed by atoms with van der Waals surface area (Å²) in [6, 6.07) is 2.35. The molecule has 2 heteroatoms. The molecule has 42 valence electrons. The third-order valence-electron chi connectivity index (χ3n) is 2.29. The van der Waals surface area contributed by atoms with Gasteiger partial charge in [0.2, 0.25) is 0 Å². The summed E-state index contributed by atoms with van der Waals surface area (Å²) in [6.07, 6.45) is 1.15. The van der Waals surface area contributed by atoms with E-state index >= 15 is 0 Å². The van der Waals surface area contributed by atoms with Crippen LogP contribution in [-0.2, 0) is 0 Å². The van der Waals surface area contributed by atoms with Crippen molar-refractivity contribution >= 4 is 0 Å².